The van der Waals surface area contributed by atoms with Crippen molar-refractivity contribution in [1.82, 2.24) is 4.98 Å². The third-order valence-corrected chi connectivity index (χ3v) is 5.60. The van der Waals surface area contributed by atoms with E-state index in [2.05, 4.69) is 21.7 Å². The topological polar surface area (TPSA) is 33.1 Å². The number of aromatic nitrogens is 1. The van der Waals surface area contributed by atoms with Gasteiger partial charge in [0.05, 0.1) is 5.69 Å². The zero-order chi connectivity index (χ0) is 20.4. The summed E-state index contributed by atoms with van der Waals surface area (Å²) in [5.74, 6) is 0. The summed E-state index contributed by atoms with van der Waals surface area (Å²) >= 11 is -0.0765. The van der Waals surface area contributed by atoms with Gasteiger partial charge in [-0.05, 0) is 23.3 Å². The van der Waals surface area contributed by atoms with E-state index in [0.29, 0.717) is 5.69 Å². The number of aliphatic hydroxyl groups is 1. The molecule has 0 aliphatic rings. The standard InChI is InChI=1S/C18H15NO.C7H6.CH3.ClH.Ru/c20-18(15-9-3-1-4-10-15,16-11-5-2-6-12-16)17-13-7-8-14-19-17;1-7-5-3-2-4-6-7;;;/h1-14,20H;1-6H;1H3;1H;/q;;+1;;+1/p-1. The summed E-state index contributed by atoms with van der Waals surface area (Å²) in [5, 5.41) is 11.4. The average Bonchev–Trinajstić information content (AvgIpc) is 2.82. The van der Waals surface area contributed by atoms with Gasteiger partial charge in [0.25, 0.3) is 0 Å². The van der Waals surface area contributed by atoms with E-state index >= 15 is 0 Å². The third-order valence-electron chi connectivity index (χ3n) is 4.37. The predicted molar refractivity (Wildman–Crippen MR) is 123 cm³/mol. The Labute approximate surface area is 190 Å². The van der Waals surface area contributed by atoms with Gasteiger partial charge in [-0.1, -0.05) is 66.7 Å². The van der Waals surface area contributed by atoms with Crippen LogP contribution in [0.4, 0.5) is 0 Å². The Bertz CT molecular complexity index is 913. The number of nitrogens with zero attached hydrogens (tertiary/aromatic N) is 1. The van der Waals surface area contributed by atoms with Crippen LogP contribution in [0.2, 0.25) is 0 Å². The zero-order valence-electron chi connectivity index (χ0n) is 16.7. The fourth-order valence-electron chi connectivity index (χ4n) is 2.96. The molecule has 0 radical (unpaired) electrons. The first kappa shape index (κ1) is 23.7. The summed E-state index contributed by atoms with van der Waals surface area (Å²) in [6.07, 6.45) is 1.70. The van der Waals surface area contributed by atoms with Crippen LogP contribution in [-0.2, 0) is 21.3 Å². The molecule has 0 spiro atoms. The molecule has 1 N–H and O–H groups in total. The van der Waals surface area contributed by atoms with Crippen LogP contribution in [-0.4, -0.2) is 14.7 Å². The van der Waals surface area contributed by atoms with Gasteiger partial charge in [0.2, 0.25) is 0 Å². The Hall–Kier alpha value is -2.58. The van der Waals surface area contributed by atoms with E-state index < -0.39 is 5.60 Å². The fraction of sp³-hybridized carbons (Fsp3) is 0.0385. The van der Waals surface area contributed by atoms with Crippen molar-refractivity contribution in [1.29, 1.82) is 0 Å². The Balaban J connectivity index is 0.000000272. The number of rotatable bonds is 4. The first-order valence-electron chi connectivity index (χ1n) is 9.10. The molecule has 0 unspecified atom stereocenters. The van der Waals surface area contributed by atoms with Crippen molar-refractivity contribution < 1.29 is 20.8 Å². The van der Waals surface area contributed by atoms with Crippen LogP contribution in [0.5, 0.6) is 0 Å². The Morgan fingerprint density at radius 3 is 1.60 bits per heavy atom. The molecular weight excluding hydrogens is 479 g/mol. The summed E-state index contributed by atoms with van der Waals surface area (Å²) in [6.45, 7) is 0. The van der Waals surface area contributed by atoms with E-state index in [9.17, 15) is 5.11 Å². The van der Waals surface area contributed by atoms with E-state index in [-0.39, 0.29) is 23.1 Å². The van der Waals surface area contributed by atoms with Gasteiger partial charge in [-0.2, -0.15) is 0 Å². The predicted octanol–water partition coefficient (Wildman–Crippen LogP) is 5.89. The molecular formula is C26H24ClNORu+. The molecule has 0 amide bonds. The summed E-state index contributed by atoms with van der Waals surface area (Å²) in [4.78, 5) is 4.35. The second kappa shape index (κ2) is 12.2. The van der Waals surface area contributed by atoms with Crippen molar-refractivity contribution in [3.05, 3.63) is 145 Å². The monoisotopic (exact) mass is 503 g/mol. The van der Waals surface area contributed by atoms with Gasteiger partial charge in [-0.15, -0.1) is 0 Å². The van der Waals surface area contributed by atoms with Crippen molar-refractivity contribution in [3.63, 3.8) is 0 Å². The van der Waals surface area contributed by atoms with Gasteiger partial charge >= 0.3 is 65.9 Å². The SMILES string of the molecule is OC(c1ccccc1)(c1ccccc1)c1ccccn1.[CH3+].[Cl][Ru]=[CH]c1ccccc1. The van der Waals surface area contributed by atoms with Gasteiger partial charge in [-0.25, -0.2) is 0 Å². The molecule has 4 aromatic rings. The molecule has 30 heavy (non-hydrogen) atoms. The van der Waals surface area contributed by atoms with Crippen LogP contribution >= 0.6 is 9.69 Å². The molecule has 0 atom stereocenters. The molecule has 2 nitrogen and oxygen atoms in total. The minimum absolute atomic E-state index is 0. The number of pyridine rings is 1. The van der Waals surface area contributed by atoms with Crippen molar-refractivity contribution in [2.75, 3.05) is 0 Å². The second-order valence-electron chi connectivity index (χ2n) is 6.25. The third kappa shape index (κ3) is 5.96. The van der Waals surface area contributed by atoms with E-state index in [1.807, 2.05) is 97.1 Å². The molecule has 4 rings (SSSR count). The molecule has 153 valence electrons. The first-order valence-corrected chi connectivity index (χ1v) is 12.3. The van der Waals surface area contributed by atoms with E-state index in [1.54, 1.807) is 6.20 Å². The molecule has 0 aliphatic heterocycles. The number of hydrogen-bond donors (Lipinski definition) is 1. The van der Waals surface area contributed by atoms with E-state index in [1.165, 1.54) is 5.56 Å². The summed E-state index contributed by atoms with van der Waals surface area (Å²) in [7, 11) is 5.57. The summed E-state index contributed by atoms with van der Waals surface area (Å²) < 4.78 is 2.06. The quantitative estimate of drug-likeness (QED) is 0.279. The normalized spacial score (nSPS) is 10.9. The van der Waals surface area contributed by atoms with Crippen LogP contribution in [0.3, 0.4) is 0 Å². The molecule has 0 bridgehead atoms. The molecule has 4 heteroatoms. The summed E-state index contributed by atoms with van der Waals surface area (Å²) in [5.41, 5.74) is 2.24. The molecule has 0 fully saturated rings. The van der Waals surface area contributed by atoms with Crippen LogP contribution in [0.1, 0.15) is 22.4 Å². The van der Waals surface area contributed by atoms with Crippen LogP contribution in [0.25, 0.3) is 0 Å². The van der Waals surface area contributed by atoms with E-state index in [4.69, 9.17) is 9.69 Å². The van der Waals surface area contributed by atoms with Crippen molar-refractivity contribution in [2.24, 2.45) is 0 Å². The maximum atomic E-state index is 11.4. The van der Waals surface area contributed by atoms with Gasteiger partial charge in [0, 0.05) is 13.6 Å². The molecule has 1 heterocycles. The van der Waals surface area contributed by atoms with Gasteiger partial charge in [0.15, 0.2) is 5.60 Å². The Morgan fingerprint density at radius 1 is 0.700 bits per heavy atom. The van der Waals surface area contributed by atoms with E-state index in [0.717, 1.165) is 11.1 Å². The molecule has 0 aliphatic carbocycles. The van der Waals surface area contributed by atoms with Gasteiger partial charge in [-0.3, -0.25) is 4.98 Å². The second-order valence-corrected chi connectivity index (χ2v) is 8.04. The Kier molecular flexibility index (Phi) is 9.63. The zero-order valence-corrected chi connectivity index (χ0v) is 19.2. The van der Waals surface area contributed by atoms with Gasteiger partial charge in [0.1, 0.15) is 0 Å². The van der Waals surface area contributed by atoms with Crippen LogP contribution < -0.4 is 0 Å². The average molecular weight is 503 g/mol. The molecule has 3 aromatic carbocycles. The van der Waals surface area contributed by atoms with Crippen LogP contribution in [0, 0.1) is 7.43 Å². The number of halogens is 1. The molecule has 1 aromatic heterocycles. The van der Waals surface area contributed by atoms with Crippen molar-refractivity contribution in [3.8, 4) is 0 Å². The molecule has 0 saturated carbocycles. The van der Waals surface area contributed by atoms with Crippen molar-refractivity contribution in [2.45, 2.75) is 5.60 Å². The number of benzene rings is 3. The first-order chi connectivity index (χ1) is 14.2. The minimum atomic E-state index is -1.23. The van der Waals surface area contributed by atoms with Gasteiger partial charge < -0.3 is 5.11 Å². The maximum absolute atomic E-state index is 11.4. The van der Waals surface area contributed by atoms with Crippen molar-refractivity contribution >= 4 is 14.3 Å². The number of hydrogen-bond acceptors (Lipinski definition) is 2. The van der Waals surface area contributed by atoms with Crippen LogP contribution in [0.15, 0.2) is 115 Å². The summed E-state index contributed by atoms with van der Waals surface area (Å²) in [6, 6.07) is 35.0. The Morgan fingerprint density at radius 2 is 1.17 bits per heavy atom. The molecule has 0 saturated heterocycles. The fourth-order valence-corrected chi connectivity index (χ4v) is 4.04.